The lowest BCUT2D eigenvalue weighted by Gasteiger charge is -2.17. The van der Waals surface area contributed by atoms with Crippen molar-refractivity contribution in [3.8, 4) is 0 Å². The van der Waals surface area contributed by atoms with Crippen molar-refractivity contribution in [3.05, 3.63) is 21.9 Å². The lowest BCUT2D eigenvalue weighted by molar-refractivity contribution is -0.143. The molecule has 2 rings (SSSR count). The minimum atomic E-state index is -1.20. The molecule has 1 aromatic rings. The summed E-state index contributed by atoms with van der Waals surface area (Å²) in [4.78, 5) is 11.1. The Morgan fingerprint density at radius 3 is 3.00 bits per heavy atom. The molecule has 5 heteroatoms. The summed E-state index contributed by atoms with van der Waals surface area (Å²) in [5, 5.41) is 9.07. The van der Waals surface area contributed by atoms with E-state index >= 15 is 0 Å². The van der Waals surface area contributed by atoms with Gasteiger partial charge in [-0.25, -0.2) is 4.79 Å². The molecular formula is C9H11BrN2O2. The Hall–Kier alpha value is -0.810. The zero-order valence-electron chi connectivity index (χ0n) is 7.75. The number of aryl methyl sites for hydroxylation is 1. The number of carboxylic acids is 1. The molecule has 0 aliphatic heterocycles. The van der Waals surface area contributed by atoms with Crippen molar-refractivity contribution in [2.75, 3.05) is 0 Å². The minimum Gasteiger partial charge on any atom is -0.480 e. The van der Waals surface area contributed by atoms with Gasteiger partial charge >= 0.3 is 5.97 Å². The predicted octanol–water partition coefficient (Wildman–Crippen LogP) is 0.972. The van der Waals surface area contributed by atoms with Crippen molar-refractivity contribution in [2.45, 2.75) is 18.4 Å². The van der Waals surface area contributed by atoms with E-state index in [2.05, 4.69) is 15.9 Å². The van der Waals surface area contributed by atoms with Crippen LogP contribution in [-0.2, 0) is 23.8 Å². The highest BCUT2D eigenvalue weighted by atomic mass is 79.9. The van der Waals surface area contributed by atoms with E-state index < -0.39 is 11.5 Å². The van der Waals surface area contributed by atoms with Crippen LogP contribution in [0.15, 0.2) is 10.8 Å². The second-order valence-corrected chi connectivity index (χ2v) is 4.45. The summed E-state index contributed by atoms with van der Waals surface area (Å²) in [5.41, 5.74) is 6.43. The Balaban J connectivity index is 2.60. The van der Waals surface area contributed by atoms with Crippen LogP contribution < -0.4 is 5.73 Å². The molecular weight excluding hydrogens is 248 g/mol. The Morgan fingerprint density at radius 1 is 1.79 bits per heavy atom. The van der Waals surface area contributed by atoms with Gasteiger partial charge in [0.05, 0.1) is 4.60 Å². The monoisotopic (exact) mass is 258 g/mol. The summed E-state index contributed by atoms with van der Waals surface area (Å²) >= 11 is 3.42. The van der Waals surface area contributed by atoms with Crippen molar-refractivity contribution < 1.29 is 9.90 Å². The summed E-state index contributed by atoms with van der Waals surface area (Å²) in [6.07, 6.45) is 2.99. The van der Waals surface area contributed by atoms with Crippen LogP contribution in [0.3, 0.4) is 0 Å². The lowest BCUT2D eigenvalue weighted by atomic mass is 9.95. The van der Waals surface area contributed by atoms with Crippen LogP contribution in [0, 0.1) is 0 Å². The third-order valence-corrected chi connectivity index (χ3v) is 3.88. The van der Waals surface area contributed by atoms with Crippen molar-refractivity contribution in [1.29, 1.82) is 0 Å². The molecule has 0 saturated heterocycles. The quantitative estimate of drug-likeness (QED) is 0.789. The van der Waals surface area contributed by atoms with Gasteiger partial charge in [-0.05, 0) is 34.3 Å². The molecule has 3 N–H and O–H groups in total. The van der Waals surface area contributed by atoms with Gasteiger partial charge in [-0.15, -0.1) is 0 Å². The zero-order valence-corrected chi connectivity index (χ0v) is 9.34. The topological polar surface area (TPSA) is 68.2 Å². The van der Waals surface area contributed by atoms with Gasteiger partial charge in [0, 0.05) is 18.8 Å². The molecule has 0 spiro atoms. The number of halogens is 1. The van der Waals surface area contributed by atoms with Gasteiger partial charge in [0.15, 0.2) is 0 Å². The maximum absolute atomic E-state index is 11.1. The van der Waals surface area contributed by atoms with Gasteiger partial charge in [0.25, 0.3) is 0 Å². The molecule has 1 aliphatic carbocycles. The first-order chi connectivity index (χ1) is 6.47. The summed E-state index contributed by atoms with van der Waals surface area (Å²) in [6, 6.07) is 0. The molecule has 0 saturated carbocycles. The molecule has 4 nitrogen and oxygen atoms in total. The number of nitrogens with zero attached hydrogens (tertiary/aromatic N) is 1. The molecule has 1 aliphatic rings. The standard InChI is InChI=1S/C9H11BrN2O2/c1-12-4-6-5(7(12)10)2-3-9(6,11)8(13)14/h4H,2-3,11H2,1H3,(H,13,14). The predicted molar refractivity (Wildman–Crippen MR) is 54.9 cm³/mol. The molecule has 1 atom stereocenters. The highest BCUT2D eigenvalue weighted by molar-refractivity contribution is 9.10. The van der Waals surface area contributed by atoms with Crippen molar-refractivity contribution in [3.63, 3.8) is 0 Å². The number of hydrogen-bond acceptors (Lipinski definition) is 2. The molecule has 1 unspecified atom stereocenters. The fraction of sp³-hybridized carbons (Fsp3) is 0.444. The Morgan fingerprint density at radius 2 is 2.43 bits per heavy atom. The van der Waals surface area contributed by atoms with Gasteiger partial charge in [-0.1, -0.05) is 0 Å². The van der Waals surface area contributed by atoms with E-state index in [1.54, 1.807) is 6.20 Å². The molecule has 0 radical (unpaired) electrons. The molecule has 76 valence electrons. The number of aromatic nitrogens is 1. The highest BCUT2D eigenvalue weighted by Crippen LogP contribution is 2.39. The van der Waals surface area contributed by atoms with E-state index in [-0.39, 0.29) is 0 Å². The minimum absolute atomic E-state index is 0.479. The second kappa shape index (κ2) is 2.84. The maximum atomic E-state index is 11.1. The van der Waals surface area contributed by atoms with E-state index in [9.17, 15) is 4.79 Å². The van der Waals surface area contributed by atoms with Crippen molar-refractivity contribution in [1.82, 2.24) is 4.57 Å². The summed E-state index contributed by atoms with van der Waals surface area (Å²) in [7, 11) is 1.87. The summed E-state index contributed by atoms with van der Waals surface area (Å²) in [5.74, 6) is -0.950. The van der Waals surface area contributed by atoms with Gasteiger partial charge < -0.3 is 15.4 Å². The number of carbonyl (C=O) groups is 1. The van der Waals surface area contributed by atoms with Crippen molar-refractivity contribution >= 4 is 21.9 Å². The zero-order chi connectivity index (χ0) is 10.5. The first-order valence-electron chi connectivity index (χ1n) is 4.33. The lowest BCUT2D eigenvalue weighted by Crippen LogP contribution is -2.42. The molecule has 14 heavy (non-hydrogen) atoms. The van der Waals surface area contributed by atoms with E-state index in [1.807, 2.05) is 11.6 Å². The van der Waals surface area contributed by atoms with E-state index in [0.717, 1.165) is 22.2 Å². The van der Waals surface area contributed by atoms with E-state index in [0.29, 0.717) is 6.42 Å². The van der Waals surface area contributed by atoms with Crippen LogP contribution in [0.4, 0.5) is 0 Å². The van der Waals surface area contributed by atoms with Crippen molar-refractivity contribution in [2.24, 2.45) is 12.8 Å². The third kappa shape index (κ3) is 1.05. The van der Waals surface area contributed by atoms with Gasteiger partial charge in [0.2, 0.25) is 0 Å². The molecule has 0 aromatic carbocycles. The summed E-state index contributed by atoms with van der Waals surface area (Å²) < 4.78 is 2.79. The third-order valence-electron chi connectivity index (χ3n) is 2.84. The molecule has 0 amide bonds. The Labute approximate surface area is 89.8 Å². The molecule has 1 heterocycles. The Bertz CT molecular complexity index is 413. The van der Waals surface area contributed by atoms with Gasteiger partial charge in [-0.2, -0.15) is 0 Å². The van der Waals surface area contributed by atoms with Gasteiger partial charge in [0.1, 0.15) is 5.54 Å². The van der Waals surface area contributed by atoms with Crippen LogP contribution in [0.5, 0.6) is 0 Å². The fourth-order valence-corrected chi connectivity index (χ4v) is 2.47. The molecule has 1 aromatic heterocycles. The van der Waals surface area contributed by atoms with Crippen LogP contribution in [-0.4, -0.2) is 15.6 Å². The van der Waals surface area contributed by atoms with E-state index in [1.165, 1.54) is 0 Å². The first kappa shape index (κ1) is 9.73. The fourth-order valence-electron chi connectivity index (χ4n) is 1.95. The van der Waals surface area contributed by atoms with Crippen LogP contribution in [0.25, 0.3) is 0 Å². The number of hydrogen-bond donors (Lipinski definition) is 2. The SMILES string of the molecule is Cn1cc2c(c1Br)CCC2(N)C(=O)O. The largest absolute Gasteiger partial charge is 0.480 e. The highest BCUT2D eigenvalue weighted by Gasteiger charge is 2.44. The second-order valence-electron chi connectivity index (χ2n) is 3.70. The number of aliphatic carboxylic acids is 1. The first-order valence-corrected chi connectivity index (χ1v) is 5.12. The maximum Gasteiger partial charge on any atom is 0.328 e. The number of fused-ring (bicyclic) bond motifs is 1. The summed E-state index contributed by atoms with van der Waals surface area (Å²) in [6.45, 7) is 0. The number of rotatable bonds is 1. The average Bonchev–Trinajstić information content (AvgIpc) is 2.57. The molecule has 0 fully saturated rings. The van der Waals surface area contributed by atoms with Crippen LogP contribution in [0.1, 0.15) is 17.5 Å². The Kier molecular flexibility index (Phi) is 1.97. The van der Waals surface area contributed by atoms with Crippen LogP contribution in [0.2, 0.25) is 0 Å². The van der Waals surface area contributed by atoms with E-state index in [4.69, 9.17) is 10.8 Å². The number of carboxylic acid groups (broad SMARTS) is 1. The number of nitrogens with two attached hydrogens (primary N) is 1. The smallest absolute Gasteiger partial charge is 0.328 e. The van der Waals surface area contributed by atoms with Gasteiger partial charge in [-0.3, -0.25) is 0 Å². The van der Waals surface area contributed by atoms with Crippen LogP contribution >= 0.6 is 15.9 Å². The average molecular weight is 259 g/mol. The molecule has 0 bridgehead atoms. The normalized spacial score (nSPS) is 25.1.